The van der Waals surface area contributed by atoms with Crippen LogP contribution in [0, 0.1) is 5.92 Å². The van der Waals surface area contributed by atoms with Crippen LogP contribution in [0.4, 0.5) is 0 Å². The molecule has 0 amide bonds. The van der Waals surface area contributed by atoms with E-state index in [1.807, 2.05) is 30.3 Å². The summed E-state index contributed by atoms with van der Waals surface area (Å²) in [6, 6.07) is 9.54. The van der Waals surface area contributed by atoms with E-state index in [4.69, 9.17) is 0 Å². The first kappa shape index (κ1) is 13.2. The van der Waals surface area contributed by atoms with Gasteiger partial charge >= 0.3 is 0 Å². The van der Waals surface area contributed by atoms with Crippen molar-refractivity contribution in [2.45, 2.75) is 26.3 Å². The zero-order valence-corrected chi connectivity index (χ0v) is 10.8. The van der Waals surface area contributed by atoms with Crippen molar-refractivity contribution in [3.05, 3.63) is 35.9 Å². The first-order valence-corrected chi connectivity index (χ1v) is 7.30. The molecule has 0 saturated heterocycles. The molecule has 4 heteroatoms. The van der Waals surface area contributed by atoms with Crippen molar-refractivity contribution >= 4 is 10.0 Å². The van der Waals surface area contributed by atoms with Gasteiger partial charge in [-0.25, -0.2) is 13.1 Å². The quantitative estimate of drug-likeness (QED) is 0.860. The zero-order chi connectivity index (χ0) is 12.2. The lowest BCUT2D eigenvalue weighted by molar-refractivity contribution is 0.473. The van der Waals surface area contributed by atoms with Crippen molar-refractivity contribution in [1.82, 2.24) is 4.72 Å². The van der Waals surface area contributed by atoms with Gasteiger partial charge in [0.1, 0.15) is 0 Å². The summed E-state index contributed by atoms with van der Waals surface area (Å²) < 4.78 is 25.2. The van der Waals surface area contributed by atoms with Crippen molar-refractivity contribution in [1.29, 1.82) is 0 Å². The Bertz CT molecular complexity index is 412. The second-order valence-electron chi connectivity index (χ2n) is 4.48. The van der Waals surface area contributed by atoms with E-state index >= 15 is 0 Å². The van der Waals surface area contributed by atoms with Crippen LogP contribution in [0.15, 0.2) is 30.3 Å². The third-order valence-electron chi connectivity index (χ3n) is 2.27. The summed E-state index contributed by atoms with van der Waals surface area (Å²) in [6.07, 6.45) is 2.00. The second kappa shape index (κ2) is 5.46. The molecule has 0 radical (unpaired) electrons. The minimum atomic E-state index is -3.17. The first-order chi connectivity index (χ1) is 7.38. The SMILES string of the molecule is CC(C)C[C@@H](NS(C)(=O)=O)c1ccccc1. The van der Waals surface area contributed by atoms with Gasteiger partial charge in [-0.05, 0) is 17.9 Å². The lowest BCUT2D eigenvalue weighted by atomic mass is 9.98. The third-order valence-corrected chi connectivity index (χ3v) is 2.98. The van der Waals surface area contributed by atoms with Crippen LogP contribution < -0.4 is 4.72 Å². The normalized spacial score (nSPS) is 14.0. The van der Waals surface area contributed by atoms with E-state index in [0.29, 0.717) is 5.92 Å². The second-order valence-corrected chi connectivity index (χ2v) is 6.26. The maximum absolute atomic E-state index is 11.3. The van der Waals surface area contributed by atoms with Crippen molar-refractivity contribution in [2.75, 3.05) is 6.26 Å². The van der Waals surface area contributed by atoms with E-state index in [2.05, 4.69) is 18.6 Å². The highest BCUT2D eigenvalue weighted by Crippen LogP contribution is 2.21. The van der Waals surface area contributed by atoms with E-state index < -0.39 is 10.0 Å². The molecule has 1 rings (SSSR count). The Morgan fingerprint density at radius 3 is 2.19 bits per heavy atom. The van der Waals surface area contributed by atoms with Gasteiger partial charge in [0.15, 0.2) is 0 Å². The highest BCUT2D eigenvalue weighted by atomic mass is 32.2. The molecule has 1 aromatic rings. The van der Waals surface area contributed by atoms with Gasteiger partial charge < -0.3 is 0 Å². The molecule has 1 atom stereocenters. The molecule has 90 valence electrons. The fraction of sp³-hybridized carbons (Fsp3) is 0.500. The topological polar surface area (TPSA) is 46.2 Å². The van der Waals surface area contributed by atoms with Gasteiger partial charge in [-0.1, -0.05) is 44.2 Å². The smallest absolute Gasteiger partial charge is 0.209 e. The summed E-state index contributed by atoms with van der Waals surface area (Å²) in [5.74, 6) is 0.444. The molecule has 0 spiro atoms. The summed E-state index contributed by atoms with van der Waals surface area (Å²) in [5.41, 5.74) is 1.02. The van der Waals surface area contributed by atoms with Crippen LogP contribution in [0.1, 0.15) is 31.9 Å². The monoisotopic (exact) mass is 241 g/mol. The third kappa shape index (κ3) is 4.77. The number of benzene rings is 1. The van der Waals surface area contributed by atoms with E-state index in [1.54, 1.807) is 0 Å². The predicted molar refractivity (Wildman–Crippen MR) is 66.6 cm³/mol. The predicted octanol–water partition coefficient (Wildman–Crippen LogP) is 2.32. The Morgan fingerprint density at radius 2 is 1.75 bits per heavy atom. The van der Waals surface area contributed by atoms with Crippen molar-refractivity contribution in [3.63, 3.8) is 0 Å². The molecule has 0 fully saturated rings. The molecule has 1 aromatic carbocycles. The van der Waals surface area contributed by atoms with Crippen molar-refractivity contribution in [3.8, 4) is 0 Å². The molecule has 0 aliphatic carbocycles. The number of hydrogen-bond acceptors (Lipinski definition) is 2. The molecule has 0 bridgehead atoms. The number of nitrogens with one attached hydrogen (secondary N) is 1. The number of sulfonamides is 1. The maximum atomic E-state index is 11.3. The van der Waals surface area contributed by atoms with Gasteiger partial charge in [-0.3, -0.25) is 0 Å². The molecule has 1 N–H and O–H groups in total. The Labute approximate surface area is 97.9 Å². The summed E-state index contributed by atoms with van der Waals surface area (Å²) in [5, 5.41) is 0. The maximum Gasteiger partial charge on any atom is 0.209 e. The summed E-state index contributed by atoms with van der Waals surface area (Å²) in [6.45, 7) is 4.17. The standard InChI is InChI=1S/C12H19NO2S/c1-10(2)9-12(13-16(3,14)15)11-7-5-4-6-8-11/h4-8,10,12-13H,9H2,1-3H3/t12-/m1/s1. The Hall–Kier alpha value is -0.870. The van der Waals surface area contributed by atoms with Crippen LogP contribution in [0.2, 0.25) is 0 Å². The Balaban J connectivity index is 2.88. The molecule has 0 saturated carbocycles. The average Bonchev–Trinajstić information content (AvgIpc) is 2.15. The van der Waals surface area contributed by atoms with Crippen LogP contribution in [-0.2, 0) is 10.0 Å². The van der Waals surface area contributed by atoms with Gasteiger partial charge in [0.25, 0.3) is 0 Å². The molecule has 3 nitrogen and oxygen atoms in total. The van der Waals surface area contributed by atoms with Crippen molar-refractivity contribution in [2.24, 2.45) is 5.92 Å². The van der Waals surface area contributed by atoms with Gasteiger partial charge in [0, 0.05) is 6.04 Å². The van der Waals surface area contributed by atoms with E-state index in [1.165, 1.54) is 6.26 Å². The van der Waals surface area contributed by atoms with E-state index in [9.17, 15) is 8.42 Å². The molecular formula is C12H19NO2S. The van der Waals surface area contributed by atoms with Gasteiger partial charge in [-0.2, -0.15) is 0 Å². The average molecular weight is 241 g/mol. The van der Waals surface area contributed by atoms with Crippen LogP contribution in [0.5, 0.6) is 0 Å². The number of rotatable bonds is 5. The van der Waals surface area contributed by atoms with Crippen LogP contribution in [0.25, 0.3) is 0 Å². The largest absolute Gasteiger partial charge is 0.213 e. The summed E-state index contributed by atoms with van der Waals surface area (Å²) in [4.78, 5) is 0. The van der Waals surface area contributed by atoms with E-state index in [-0.39, 0.29) is 6.04 Å². The zero-order valence-electron chi connectivity index (χ0n) is 9.97. The lowest BCUT2D eigenvalue weighted by Crippen LogP contribution is -2.28. The minimum Gasteiger partial charge on any atom is -0.213 e. The van der Waals surface area contributed by atoms with Crippen molar-refractivity contribution < 1.29 is 8.42 Å². The lowest BCUT2D eigenvalue weighted by Gasteiger charge is -2.19. The molecule has 0 heterocycles. The fourth-order valence-corrected chi connectivity index (χ4v) is 2.42. The van der Waals surface area contributed by atoms with Gasteiger partial charge in [0.2, 0.25) is 10.0 Å². The van der Waals surface area contributed by atoms with E-state index in [0.717, 1.165) is 12.0 Å². The highest BCUT2D eigenvalue weighted by molar-refractivity contribution is 7.88. The Morgan fingerprint density at radius 1 is 1.19 bits per heavy atom. The van der Waals surface area contributed by atoms with Gasteiger partial charge in [0.05, 0.1) is 6.26 Å². The molecule has 0 aromatic heterocycles. The summed E-state index contributed by atoms with van der Waals surface area (Å²) >= 11 is 0. The molecular weight excluding hydrogens is 222 g/mol. The molecule has 0 aliphatic rings. The first-order valence-electron chi connectivity index (χ1n) is 5.40. The van der Waals surface area contributed by atoms with Crippen LogP contribution in [0.3, 0.4) is 0 Å². The molecule has 16 heavy (non-hydrogen) atoms. The Kier molecular flexibility index (Phi) is 4.50. The summed E-state index contributed by atoms with van der Waals surface area (Å²) in [7, 11) is -3.17. The highest BCUT2D eigenvalue weighted by Gasteiger charge is 2.16. The number of hydrogen-bond donors (Lipinski definition) is 1. The minimum absolute atomic E-state index is 0.129. The molecule has 0 aliphatic heterocycles. The van der Waals surface area contributed by atoms with Crippen LogP contribution >= 0.6 is 0 Å². The molecule has 0 unspecified atom stereocenters. The fourth-order valence-electron chi connectivity index (χ4n) is 1.67. The van der Waals surface area contributed by atoms with Crippen LogP contribution in [-0.4, -0.2) is 14.7 Å². The van der Waals surface area contributed by atoms with Gasteiger partial charge in [-0.15, -0.1) is 0 Å².